The van der Waals surface area contributed by atoms with Crippen molar-refractivity contribution in [2.45, 2.75) is 0 Å². The smallest absolute Gasteiger partial charge is 0.145 e. The van der Waals surface area contributed by atoms with Crippen molar-refractivity contribution < 1.29 is 4.42 Å². The Balaban J connectivity index is 1.23. The summed E-state index contributed by atoms with van der Waals surface area (Å²) in [6.07, 6.45) is 0. The lowest BCUT2D eigenvalue weighted by atomic mass is 9.97. The van der Waals surface area contributed by atoms with E-state index >= 15 is 0 Å². The number of fused-ring (bicyclic) bond motifs is 7. The Morgan fingerprint density at radius 1 is 0.360 bits per heavy atom. The lowest BCUT2D eigenvalue weighted by Gasteiger charge is -2.28. The Morgan fingerprint density at radius 2 is 0.980 bits per heavy atom. The number of hydrogen-bond acceptors (Lipinski definition) is 2. The number of rotatable bonds is 5. The molecule has 234 valence electrons. The monoisotopic (exact) mass is 637 g/mol. The minimum Gasteiger partial charge on any atom is -0.455 e. The molecule has 0 unspecified atom stereocenters. The second kappa shape index (κ2) is 11.5. The van der Waals surface area contributed by atoms with Crippen molar-refractivity contribution in [1.29, 1.82) is 0 Å². The van der Waals surface area contributed by atoms with Gasteiger partial charge < -0.3 is 9.32 Å². The Bertz CT molecular complexity index is 2860. The van der Waals surface area contributed by atoms with Crippen molar-refractivity contribution in [2.24, 2.45) is 0 Å². The van der Waals surface area contributed by atoms with E-state index in [1.807, 2.05) is 0 Å². The van der Waals surface area contributed by atoms with E-state index in [0.29, 0.717) is 0 Å². The van der Waals surface area contributed by atoms with E-state index in [1.165, 1.54) is 43.4 Å². The van der Waals surface area contributed by atoms with Crippen LogP contribution in [-0.2, 0) is 0 Å². The highest BCUT2D eigenvalue weighted by Crippen LogP contribution is 2.48. The first kappa shape index (κ1) is 28.4. The lowest BCUT2D eigenvalue weighted by molar-refractivity contribution is 0.670. The van der Waals surface area contributed by atoms with E-state index in [0.717, 1.165) is 50.1 Å². The van der Waals surface area contributed by atoms with Crippen molar-refractivity contribution >= 4 is 71.3 Å². The molecule has 0 N–H and O–H groups in total. The predicted molar refractivity (Wildman–Crippen MR) is 212 cm³/mol. The quantitative estimate of drug-likeness (QED) is 0.175. The van der Waals surface area contributed by atoms with E-state index in [-0.39, 0.29) is 0 Å². The van der Waals surface area contributed by atoms with Gasteiger partial charge in [-0.3, -0.25) is 0 Å². The van der Waals surface area contributed by atoms with Gasteiger partial charge in [-0.25, -0.2) is 0 Å². The molecule has 2 heteroatoms. The van der Waals surface area contributed by atoms with Gasteiger partial charge in [0.15, 0.2) is 0 Å². The normalized spacial score (nSPS) is 11.6. The van der Waals surface area contributed by atoms with Crippen LogP contribution in [-0.4, -0.2) is 0 Å². The maximum absolute atomic E-state index is 6.79. The Kier molecular flexibility index (Phi) is 6.53. The van der Waals surface area contributed by atoms with Crippen LogP contribution < -0.4 is 4.90 Å². The molecule has 0 radical (unpaired) electrons. The molecule has 10 rings (SSSR count). The number of hydrogen-bond donors (Lipinski definition) is 0. The average Bonchev–Trinajstić information content (AvgIpc) is 3.58. The molecule has 0 bridgehead atoms. The molecule has 9 aromatic carbocycles. The van der Waals surface area contributed by atoms with Crippen LogP contribution >= 0.6 is 0 Å². The number of nitrogens with zero attached hydrogens (tertiary/aromatic N) is 1. The molecule has 0 aliphatic rings. The summed E-state index contributed by atoms with van der Waals surface area (Å²) in [7, 11) is 0. The Morgan fingerprint density at radius 3 is 1.82 bits per heavy atom. The van der Waals surface area contributed by atoms with Gasteiger partial charge in [-0.1, -0.05) is 152 Å². The van der Waals surface area contributed by atoms with Gasteiger partial charge in [-0.2, -0.15) is 0 Å². The molecule has 0 atom stereocenters. The minimum absolute atomic E-state index is 0.875. The summed E-state index contributed by atoms with van der Waals surface area (Å²) in [6, 6.07) is 67.4. The summed E-state index contributed by atoms with van der Waals surface area (Å²) in [6.45, 7) is 0. The summed E-state index contributed by atoms with van der Waals surface area (Å²) in [5.74, 6) is 0. The third-order valence-electron chi connectivity index (χ3n) is 10.0. The van der Waals surface area contributed by atoms with E-state index in [4.69, 9.17) is 4.42 Å². The first-order valence-electron chi connectivity index (χ1n) is 17.1. The molecule has 0 spiro atoms. The summed E-state index contributed by atoms with van der Waals surface area (Å²) in [5.41, 5.74) is 9.64. The molecule has 2 nitrogen and oxygen atoms in total. The highest BCUT2D eigenvalue weighted by Gasteiger charge is 2.23. The SMILES string of the molecule is c1ccc(-c2ccc(-c3ccc(N(c4ccc5c(ccc6ccccc65)c4)c4cccc5ccccc45)c4c3oc3ccccc34)cc2)cc1. The van der Waals surface area contributed by atoms with Crippen LogP contribution in [0.3, 0.4) is 0 Å². The molecule has 0 fully saturated rings. The zero-order valence-corrected chi connectivity index (χ0v) is 27.3. The fourth-order valence-corrected chi connectivity index (χ4v) is 7.65. The fourth-order valence-electron chi connectivity index (χ4n) is 7.65. The highest BCUT2D eigenvalue weighted by molar-refractivity contribution is 6.18. The van der Waals surface area contributed by atoms with Crippen molar-refractivity contribution in [3.63, 3.8) is 0 Å². The average molecular weight is 638 g/mol. The van der Waals surface area contributed by atoms with Gasteiger partial charge in [-0.05, 0) is 80.0 Å². The standard InChI is InChI=1S/C48H31NO/c1-2-11-32(12-3-1)33-21-23-36(24-22-33)42-29-30-45(47-43-18-8-9-20-46(43)50-48(42)47)49(44-19-10-15-34-13-5-7-17-41(34)44)38-27-28-40-37(31-38)26-25-35-14-4-6-16-39(35)40/h1-31H. The topological polar surface area (TPSA) is 16.4 Å². The van der Waals surface area contributed by atoms with Crippen LogP contribution in [0.1, 0.15) is 0 Å². The summed E-state index contributed by atoms with van der Waals surface area (Å²) in [4.78, 5) is 2.42. The van der Waals surface area contributed by atoms with E-state index in [2.05, 4.69) is 193 Å². The fraction of sp³-hybridized carbons (Fsp3) is 0. The molecule has 0 saturated carbocycles. The number of para-hydroxylation sites is 1. The number of benzene rings is 9. The lowest BCUT2D eigenvalue weighted by Crippen LogP contribution is -2.11. The van der Waals surface area contributed by atoms with Crippen LogP contribution in [0.5, 0.6) is 0 Å². The molecule has 1 aromatic heterocycles. The third-order valence-corrected chi connectivity index (χ3v) is 10.0. The van der Waals surface area contributed by atoms with E-state index < -0.39 is 0 Å². The number of anilines is 3. The van der Waals surface area contributed by atoms with Crippen LogP contribution in [0, 0.1) is 0 Å². The molecule has 10 aromatic rings. The van der Waals surface area contributed by atoms with E-state index in [1.54, 1.807) is 0 Å². The van der Waals surface area contributed by atoms with Crippen LogP contribution in [0.2, 0.25) is 0 Å². The van der Waals surface area contributed by atoms with Gasteiger partial charge in [0, 0.05) is 22.0 Å². The van der Waals surface area contributed by atoms with Gasteiger partial charge in [0.1, 0.15) is 11.2 Å². The molecular formula is C48H31NO. The van der Waals surface area contributed by atoms with Crippen LogP contribution in [0.25, 0.3) is 76.5 Å². The van der Waals surface area contributed by atoms with Gasteiger partial charge in [0.05, 0.1) is 16.8 Å². The minimum atomic E-state index is 0.875. The molecule has 1 heterocycles. The van der Waals surface area contributed by atoms with Gasteiger partial charge in [0.2, 0.25) is 0 Å². The molecule has 0 saturated heterocycles. The first-order chi connectivity index (χ1) is 24.8. The summed E-state index contributed by atoms with van der Waals surface area (Å²) >= 11 is 0. The van der Waals surface area contributed by atoms with Gasteiger partial charge in [-0.15, -0.1) is 0 Å². The zero-order valence-electron chi connectivity index (χ0n) is 27.3. The molecular weight excluding hydrogens is 607 g/mol. The molecule has 50 heavy (non-hydrogen) atoms. The first-order valence-corrected chi connectivity index (χ1v) is 17.1. The van der Waals surface area contributed by atoms with Gasteiger partial charge >= 0.3 is 0 Å². The third kappa shape index (κ3) is 4.57. The maximum Gasteiger partial charge on any atom is 0.145 e. The predicted octanol–water partition coefficient (Wildman–Crippen LogP) is 13.8. The van der Waals surface area contributed by atoms with Crippen molar-refractivity contribution in [3.8, 4) is 22.3 Å². The number of furan rings is 1. The second-order valence-electron chi connectivity index (χ2n) is 12.9. The molecule has 0 aliphatic heterocycles. The Hall–Kier alpha value is -6.64. The van der Waals surface area contributed by atoms with Crippen molar-refractivity contribution in [3.05, 3.63) is 188 Å². The van der Waals surface area contributed by atoms with Crippen molar-refractivity contribution in [1.82, 2.24) is 0 Å². The molecule has 0 aliphatic carbocycles. The largest absolute Gasteiger partial charge is 0.455 e. The second-order valence-corrected chi connectivity index (χ2v) is 12.9. The van der Waals surface area contributed by atoms with Gasteiger partial charge in [0.25, 0.3) is 0 Å². The highest BCUT2D eigenvalue weighted by atomic mass is 16.3. The molecule has 0 amide bonds. The Labute approximate surface area is 290 Å². The zero-order chi connectivity index (χ0) is 33.0. The van der Waals surface area contributed by atoms with E-state index in [9.17, 15) is 0 Å². The van der Waals surface area contributed by atoms with Crippen LogP contribution in [0.15, 0.2) is 192 Å². The maximum atomic E-state index is 6.79. The van der Waals surface area contributed by atoms with Crippen LogP contribution in [0.4, 0.5) is 17.1 Å². The summed E-state index contributed by atoms with van der Waals surface area (Å²) < 4.78 is 6.79. The summed E-state index contributed by atoms with van der Waals surface area (Å²) in [5, 5.41) is 9.54. The van der Waals surface area contributed by atoms with Crippen molar-refractivity contribution in [2.75, 3.05) is 4.90 Å².